The maximum absolute atomic E-state index is 9.69. The Labute approximate surface area is 48.2 Å². The van der Waals surface area contributed by atoms with Crippen LogP contribution in [0.3, 0.4) is 0 Å². The van der Waals surface area contributed by atoms with Gasteiger partial charge in [0.25, 0.3) is 0 Å². The number of hydrogen-bond donors (Lipinski definition) is 0. The third-order valence-corrected chi connectivity index (χ3v) is 0.800. The highest BCUT2D eigenvalue weighted by atomic mass is 35.5. The lowest BCUT2D eigenvalue weighted by atomic mass is 10.5. The van der Waals surface area contributed by atoms with Gasteiger partial charge in [0, 0.05) is 18.3 Å². The lowest BCUT2D eigenvalue weighted by molar-refractivity contribution is -0.114. The second kappa shape index (κ2) is 3.93. The highest BCUT2D eigenvalue weighted by Gasteiger charge is 1.88. The summed E-state index contributed by atoms with van der Waals surface area (Å²) in [6.45, 7) is 2.59. The van der Waals surface area contributed by atoms with Crippen LogP contribution in [0.15, 0.2) is 0 Å². The van der Waals surface area contributed by atoms with E-state index in [2.05, 4.69) is 0 Å². The van der Waals surface area contributed by atoms with Crippen molar-refractivity contribution in [2.24, 2.45) is 0 Å². The minimum Gasteiger partial charge on any atom is -0.277 e. The maximum atomic E-state index is 9.69. The molecule has 0 spiro atoms. The van der Waals surface area contributed by atoms with E-state index in [1.54, 1.807) is 0 Å². The largest absolute Gasteiger partial charge is 0.277 e. The van der Waals surface area contributed by atoms with Gasteiger partial charge >= 0.3 is 0 Å². The summed E-state index contributed by atoms with van der Waals surface area (Å²) < 4.78 is 1.10. The number of rotatable bonds is 3. The first-order valence-corrected chi connectivity index (χ1v) is 2.52. The number of carbonyl (C=O) groups is 1. The molecule has 0 unspecified atom stereocenters. The highest BCUT2D eigenvalue weighted by Crippen LogP contribution is 1.88. The average Bonchev–Trinajstić information content (AvgIpc) is 1.68. The molecule has 0 heterocycles. The van der Waals surface area contributed by atoms with Crippen LogP contribution in [0.25, 0.3) is 0 Å². The summed E-state index contributed by atoms with van der Waals surface area (Å²) in [5.74, 6) is 0. The van der Waals surface area contributed by atoms with Crippen LogP contribution in [-0.2, 0) is 4.79 Å². The molecule has 1 amide bonds. The van der Waals surface area contributed by atoms with Crippen molar-refractivity contribution in [1.29, 1.82) is 0 Å². The number of amides is 1. The smallest absolute Gasteiger partial charge is 0.224 e. The molecule has 0 aliphatic carbocycles. The van der Waals surface area contributed by atoms with Gasteiger partial charge in [0.05, 0.1) is 0 Å². The predicted octanol–water partition coefficient (Wildman–Crippen LogP) is 1.01. The molecule has 42 valence electrons. The van der Waals surface area contributed by atoms with Crippen LogP contribution in [0, 0.1) is 0 Å². The van der Waals surface area contributed by atoms with Crippen molar-refractivity contribution in [3.63, 3.8) is 0 Å². The van der Waals surface area contributed by atoms with E-state index in [0.717, 1.165) is 10.8 Å². The summed E-state index contributed by atoms with van der Waals surface area (Å²) in [4.78, 5) is 9.69. The standard InChI is InChI=1S/C4H8ClNO/c1-2-3-6(5)4-7/h4H,2-3H2,1H3. The van der Waals surface area contributed by atoms with Crippen LogP contribution in [0.1, 0.15) is 13.3 Å². The zero-order valence-electron chi connectivity index (χ0n) is 4.22. The van der Waals surface area contributed by atoms with E-state index >= 15 is 0 Å². The number of carbonyl (C=O) groups excluding carboxylic acids is 1. The van der Waals surface area contributed by atoms with Crippen LogP contribution < -0.4 is 0 Å². The molecule has 0 fully saturated rings. The molecule has 0 saturated carbocycles. The summed E-state index contributed by atoms with van der Waals surface area (Å²) in [6.07, 6.45) is 1.51. The van der Waals surface area contributed by atoms with Crippen LogP contribution in [0.2, 0.25) is 0 Å². The Morgan fingerprint density at radius 1 is 1.86 bits per heavy atom. The lowest BCUT2D eigenvalue weighted by Gasteiger charge is -2.00. The average molecular weight is 122 g/mol. The van der Waals surface area contributed by atoms with Gasteiger partial charge in [-0.15, -0.1) is 0 Å². The summed E-state index contributed by atoms with van der Waals surface area (Å²) in [5.41, 5.74) is 0. The fourth-order valence-electron chi connectivity index (χ4n) is 0.266. The van der Waals surface area contributed by atoms with Crippen molar-refractivity contribution in [1.82, 2.24) is 4.42 Å². The molecule has 3 heteroatoms. The van der Waals surface area contributed by atoms with Gasteiger partial charge < -0.3 is 0 Å². The fraction of sp³-hybridized carbons (Fsp3) is 0.750. The molecule has 7 heavy (non-hydrogen) atoms. The Morgan fingerprint density at radius 3 is 2.57 bits per heavy atom. The van der Waals surface area contributed by atoms with Crippen molar-refractivity contribution in [2.75, 3.05) is 6.54 Å². The monoisotopic (exact) mass is 121 g/mol. The molecule has 0 aromatic heterocycles. The summed E-state index contributed by atoms with van der Waals surface area (Å²) in [6, 6.07) is 0. The molecule has 0 aliphatic heterocycles. The molecule has 0 bridgehead atoms. The molecular formula is C4H8ClNO. The van der Waals surface area contributed by atoms with E-state index in [4.69, 9.17) is 11.8 Å². The molecule has 0 aliphatic rings. The first-order chi connectivity index (χ1) is 3.31. The van der Waals surface area contributed by atoms with Crippen molar-refractivity contribution in [3.05, 3.63) is 0 Å². The van der Waals surface area contributed by atoms with E-state index in [1.165, 1.54) is 0 Å². The van der Waals surface area contributed by atoms with Gasteiger partial charge in [-0.1, -0.05) is 6.92 Å². The summed E-state index contributed by atoms with van der Waals surface area (Å²) in [7, 11) is 0. The number of halogens is 1. The molecular weight excluding hydrogens is 114 g/mol. The Morgan fingerprint density at radius 2 is 2.43 bits per heavy atom. The second-order valence-electron chi connectivity index (χ2n) is 1.23. The molecule has 0 radical (unpaired) electrons. The molecule has 0 aromatic rings. The van der Waals surface area contributed by atoms with Gasteiger partial charge in [0.2, 0.25) is 6.41 Å². The van der Waals surface area contributed by atoms with Crippen LogP contribution in [0.5, 0.6) is 0 Å². The van der Waals surface area contributed by atoms with Gasteiger partial charge in [-0.2, -0.15) is 0 Å². The van der Waals surface area contributed by atoms with Gasteiger partial charge in [-0.25, -0.2) is 0 Å². The molecule has 2 nitrogen and oxygen atoms in total. The van der Waals surface area contributed by atoms with Crippen molar-refractivity contribution in [2.45, 2.75) is 13.3 Å². The van der Waals surface area contributed by atoms with E-state index in [9.17, 15) is 4.79 Å². The minimum atomic E-state index is 0.602. The zero-order valence-corrected chi connectivity index (χ0v) is 4.98. The van der Waals surface area contributed by atoms with E-state index in [1.807, 2.05) is 6.92 Å². The highest BCUT2D eigenvalue weighted by molar-refractivity contribution is 6.18. The van der Waals surface area contributed by atoms with Crippen molar-refractivity contribution < 1.29 is 4.79 Å². The van der Waals surface area contributed by atoms with E-state index < -0.39 is 0 Å². The van der Waals surface area contributed by atoms with Gasteiger partial charge in [0.15, 0.2) is 0 Å². The molecule has 0 N–H and O–H groups in total. The quantitative estimate of drug-likeness (QED) is 0.403. The molecule has 0 atom stereocenters. The van der Waals surface area contributed by atoms with Crippen LogP contribution in [-0.4, -0.2) is 17.4 Å². The maximum Gasteiger partial charge on any atom is 0.224 e. The van der Waals surface area contributed by atoms with E-state index in [-0.39, 0.29) is 0 Å². The number of nitrogens with zero attached hydrogens (tertiary/aromatic N) is 1. The predicted molar refractivity (Wildman–Crippen MR) is 28.9 cm³/mol. The van der Waals surface area contributed by atoms with Crippen LogP contribution >= 0.6 is 11.8 Å². The SMILES string of the molecule is CCCN(Cl)C=O. The van der Waals surface area contributed by atoms with E-state index in [0.29, 0.717) is 13.0 Å². The molecule has 0 rings (SSSR count). The van der Waals surface area contributed by atoms with Gasteiger partial charge in [-0.3, -0.25) is 9.21 Å². The minimum absolute atomic E-state index is 0.602. The topological polar surface area (TPSA) is 20.3 Å². The summed E-state index contributed by atoms with van der Waals surface area (Å²) in [5, 5.41) is 0. The second-order valence-corrected chi connectivity index (χ2v) is 1.66. The number of hydrogen-bond acceptors (Lipinski definition) is 1. The van der Waals surface area contributed by atoms with Gasteiger partial charge in [0.1, 0.15) is 0 Å². The zero-order chi connectivity index (χ0) is 5.70. The van der Waals surface area contributed by atoms with Crippen molar-refractivity contribution in [3.8, 4) is 0 Å². The third-order valence-electron chi connectivity index (χ3n) is 0.552. The first kappa shape index (κ1) is 6.76. The molecule has 0 aromatic carbocycles. The van der Waals surface area contributed by atoms with Crippen LogP contribution in [0.4, 0.5) is 0 Å². The van der Waals surface area contributed by atoms with Gasteiger partial charge in [-0.05, 0) is 6.42 Å². The Hall–Kier alpha value is -0.240. The summed E-state index contributed by atoms with van der Waals surface area (Å²) >= 11 is 5.23. The lowest BCUT2D eigenvalue weighted by Crippen LogP contribution is -2.08. The fourth-order valence-corrected chi connectivity index (χ4v) is 0.435. The van der Waals surface area contributed by atoms with Crippen molar-refractivity contribution >= 4 is 18.2 Å². The Balaban J connectivity index is 2.98. The first-order valence-electron chi connectivity index (χ1n) is 2.19. The third kappa shape index (κ3) is 3.59. The Bertz CT molecular complexity index is 57.7. The normalized spacial score (nSPS) is 8.29. The molecule has 0 saturated heterocycles. The Kier molecular flexibility index (Phi) is 3.80.